The Labute approximate surface area is 98.9 Å². The number of hydrogen-bond donors (Lipinski definition) is 0. The smallest absolute Gasteiger partial charge is 0.321 e. The standard InChI is InChI=1S/C7H5ClN4OS2/c1-13-5-10-4(8)11-6(12-5)15-7-9-2-3-14-7/h2-3H,1H3. The fourth-order valence-electron chi connectivity index (χ4n) is 0.790. The Morgan fingerprint density at radius 3 is 2.93 bits per heavy atom. The first-order chi connectivity index (χ1) is 7.28. The van der Waals surface area contributed by atoms with E-state index >= 15 is 0 Å². The predicted octanol–water partition coefficient (Wildman–Crippen LogP) is 2.14. The molecule has 0 aromatic carbocycles. The van der Waals surface area contributed by atoms with E-state index in [1.807, 2.05) is 5.38 Å². The van der Waals surface area contributed by atoms with E-state index in [2.05, 4.69) is 19.9 Å². The van der Waals surface area contributed by atoms with Crippen LogP contribution in [0.3, 0.4) is 0 Å². The Morgan fingerprint density at radius 2 is 2.27 bits per heavy atom. The van der Waals surface area contributed by atoms with Crippen molar-refractivity contribution in [2.75, 3.05) is 7.11 Å². The third-order valence-corrected chi connectivity index (χ3v) is 3.26. The molecule has 0 spiro atoms. The van der Waals surface area contributed by atoms with Crippen molar-refractivity contribution in [2.24, 2.45) is 0 Å². The molecule has 0 fully saturated rings. The Morgan fingerprint density at radius 1 is 1.40 bits per heavy atom. The summed E-state index contributed by atoms with van der Waals surface area (Å²) in [6.07, 6.45) is 1.72. The van der Waals surface area contributed by atoms with Crippen LogP contribution in [0.15, 0.2) is 21.1 Å². The number of aromatic nitrogens is 4. The van der Waals surface area contributed by atoms with Crippen molar-refractivity contribution in [3.63, 3.8) is 0 Å². The molecule has 78 valence electrons. The summed E-state index contributed by atoms with van der Waals surface area (Å²) < 4.78 is 5.72. The molecule has 0 saturated carbocycles. The van der Waals surface area contributed by atoms with Crippen LogP contribution in [0.25, 0.3) is 0 Å². The van der Waals surface area contributed by atoms with Crippen LogP contribution in [0.5, 0.6) is 6.01 Å². The molecule has 0 aliphatic rings. The molecule has 2 heterocycles. The van der Waals surface area contributed by atoms with Gasteiger partial charge in [0.15, 0.2) is 4.34 Å². The van der Waals surface area contributed by atoms with Gasteiger partial charge in [0.05, 0.1) is 7.11 Å². The van der Waals surface area contributed by atoms with E-state index in [1.54, 1.807) is 6.20 Å². The molecule has 0 radical (unpaired) electrons. The Hall–Kier alpha value is -0.920. The number of rotatable bonds is 3. The minimum atomic E-state index is 0.112. The van der Waals surface area contributed by atoms with Crippen molar-refractivity contribution in [3.8, 4) is 6.01 Å². The van der Waals surface area contributed by atoms with Crippen molar-refractivity contribution in [3.05, 3.63) is 16.9 Å². The van der Waals surface area contributed by atoms with Crippen LogP contribution in [-0.2, 0) is 0 Å². The molecule has 0 unspecified atom stereocenters. The zero-order valence-corrected chi connectivity index (χ0v) is 9.94. The minimum absolute atomic E-state index is 0.112. The van der Waals surface area contributed by atoms with E-state index in [-0.39, 0.29) is 11.3 Å². The molecule has 0 aliphatic heterocycles. The summed E-state index contributed by atoms with van der Waals surface area (Å²) in [5.74, 6) is 0. The molecule has 0 aliphatic carbocycles. The first kappa shape index (κ1) is 10.6. The zero-order valence-electron chi connectivity index (χ0n) is 7.55. The van der Waals surface area contributed by atoms with Crippen LogP contribution in [0.2, 0.25) is 5.28 Å². The number of methoxy groups -OCH3 is 1. The van der Waals surface area contributed by atoms with Gasteiger partial charge in [-0.25, -0.2) is 4.98 Å². The van der Waals surface area contributed by atoms with E-state index in [4.69, 9.17) is 16.3 Å². The summed E-state index contributed by atoms with van der Waals surface area (Å²) in [6, 6.07) is 0.203. The van der Waals surface area contributed by atoms with Crippen LogP contribution in [0.4, 0.5) is 0 Å². The quantitative estimate of drug-likeness (QED) is 0.843. The van der Waals surface area contributed by atoms with Crippen molar-refractivity contribution >= 4 is 34.7 Å². The molecule has 8 heteroatoms. The molecule has 2 aromatic rings. The molecule has 15 heavy (non-hydrogen) atoms. The Kier molecular flexibility index (Phi) is 3.34. The largest absolute Gasteiger partial charge is 0.467 e. The Balaban J connectivity index is 2.24. The lowest BCUT2D eigenvalue weighted by Crippen LogP contribution is -1.96. The molecular weight excluding hydrogens is 256 g/mol. The SMILES string of the molecule is COc1nc(Cl)nc(Sc2nccs2)n1. The maximum Gasteiger partial charge on any atom is 0.321 e. The summed E-state index contributed by atoms with van der Waals surface area (Å²) in [7, 11) is 1.48. The number of hydrogen-bond acceptors (Lipinski definition) is 7. The van der Waals surface area contributed by atoms with Gasteiger partial charge in [-0.15, -0.1) is 11.3 Å². The monoisotopic (exact) mass is 260 g/mol. The van der Waals surface area contributed by atoms with Crippen molar-refractivity contribution in [1.82, 2.24) is 19.9 Å². The van der Waals surface area contributed by atoms with E-state index in [1.165, 1.54) is 30.2 Å². The van der Waals surface area contributed by atoms with Gasteiger partial charge in [0.25, 0.3) is 0 Å². The van der Waals surface area contributed by atoms with Crippen LogP contribution in [0.1, 0.15) is 0 Å². The number of nitrogens with zero attached hydrogens (tertiary/aromatic N) is 4. The molecule has 0 N–H and O–H groups in total. The second-order valence-electron chi connectivity index (χ2n) is 2.27. The van der Waals surface area contributed by atoms with Crippen LogP contribution in [0, 0.1) is 0 Å². The summed E-state index contributed by atoms with van der Waals surface area (Å²) in [5.41, 5.74) is 0. The van der Waals surface area contributed by atoms with Gasteiger partial charge in [-0.05, 0) is 23.4 Å². The lowest BCUT2D eigenvalue weighted by molar-refractivity contribution is 0.373. The maximum absolute atomic E-state index is 5.70. The molecule has 0 atom stereocenters. The second kappa shape index (κ2) is 4.73. The van der Waals surface area contributed by atoms with Crippen molar-refractivity contribution in [2.45, 2.75) is 9.50 Å². The van der Waals surface area contributed by atoms with Crippen LogP contribution < -0.4 is 4.74 Å². The fraction of sp³-hybridized carbons (Fsp3) is 0.143. The number of thiazole rings is 1. The molecule has 5 nitrogen and oxygen atoms in total. The first-order valence-corrected chi connectivity index (χ1v) is 5.88. The average molecular weight is 261 g/mol. The molecule has 2 aromatic heterocycles. The normalized spacial score (nSPS) is 10.3. The summed E-state index contributed by atoms with van der Waals surface area (Å²) in [6.45, 7) is 0. The molecule has 0 saturated heterocycles. The van der Waals surface area contributed by atoms with Gasteiger partial charge in [-0.3, -0.25) is 0 Å². The fourth-order valence-corrected chi connectivity index (χ4v) is 2.46. The Bertz CT molecular complexity index is 450. The molecular formula is C7H5ClN4OS2. The highest BCUT2D eigenvalue weighted by Gasteiger charge is 2.07. The van der Waals surface area contributed by atoms with Gasteiger partial charge in [0.1, 0.15) is 0 Å². The van der Waals surface area contributed by atoms with E-state index in [0.717, 1.165) is 4.34 Å². The summed E-state index contributed by atoms with van der Waals surface area (Å²) in [5, 5.41) is 2.46. The highest BCUT2D eigenvalue weighted by atomic mass is 35.5. The average Bonchev–Trinajstić information content (AvgIpc) is 2.69. The second-order valence-corrected chi connectivity index (χ2v) is 4.72. The molecule has 0 amide bonds. The van der Waals surface area contributed by atoms with Gasteiger partial charge >= 0.3 is 6.01 Å². The summed E-state index contributed by atoms with van der Waals surface area (Å²) >= 11 is 8.52. The lowest BCUT2D eigenvalue weighted by atomic mass is 11.0. The third-order valence-electron chi connectivity index (χ3n) is 1.34. The predicted molar refractivity (Wildman–Crippen MR) is 57.6 cm³/mol. The van der Waals surface area contributed by atoms with Gasteiger partial charge < -0.3 is 4.74 Å². The summed E-state index contributed by atoms with van der Waals surface area (Å²) in [4.78, 5) is 15.8. The highest BCUT2D eigenvalue weighted by Crippen LogP contribution is 2.27. The van der Waals surface area contributed by atoms with Crippen molar-refractivity contribution in [1.29, 1.82) is 0 Å². The molecule has 2 rings (SSSR count). The van der Waals surface area contributed by atoms with Crippen LogP contribution in [-0.4, -0.2) is 27.0 Å². The van der Waals surface area contributed by atoms with Gasteiger partial charge in [0.2, 0.25) is 10.4 Å². The number of halogens is 1. The zero-order chi connectivity index (χ0) is 10.7. The lowest BCUT2D eigenvalue weighted by Gasteiger charge is -2.00. The topological polar surface area (TPSA) is 60.8 Å². The minimum Gasteiger partial charge on any atom is -0.467 e. The molecule has 0 bridgehead atoms. The third kappa shape index (κ3) is 2.77. The maximum atomic E-state index is 5.70. The van der Waals surface area contributed by atoms with E-state index in [9.17, 15) is 0 Å². The van der Waals surface area contributed by atoms with E-state index in [0.29, 0.717) is 5.16 Å². The first-order valence-electron chi connectivity index (χ1n) is 3.81. The van der Waals surface area contributed by atoms with Gasteiger partial charge in [0, 0.05) is 11.6 Å². The van der Waals surface area contributed by atoms with Crippen LogP contribution >= 0.6 is 34.7 Å². The number of ether oxygens (including phenoxy) is 1. The van der Waals surface area contributed by atoms with Crippen molar-refractivity contribution < 1.29 is 4.74 Å². The van der Waals surface area contributed by atoms with Gasteiger partial charge in [-0.1, -0.05) is 0 Å². The van der Waals surface area contributed by atoms with Gasteiger partial charge in [-0.2, -0.15) is 15.0 Å². The van der Waals surface area contributed by atoms with E-state index < -0.39 is 0 Å². The highest BCUT2D eigenvalue weighted by molar-refractivity contribution is 8.00.